The fraction of sp³-hybridized carbons (Fsp3) is 0.316. The van der Waals surface area contributed by atoms with Crippen LogP contribution in [0.2, 0.25) is 0 Å². The maximum Gasteiger partial charge on any atom is 0.191 e. The van der Waals surface area contributed by atoms with Crippen molar-refractivity contribution in [2.45, 2.75) is 13.0 Å². The summed E-state index contributed by atoms with van der Waals surface area (Å²) in [4.78, 5) is 4.25. The zero-order valence-electron chi connectivity index (χ0n) is 16.2. The van der Waals surface area contributed by atoms with Crippen LogP contribution in [-0.2, 0) is 13.0 Å². The number of fused-ring (bicyclic) bond motifs is 1. The third-order valence-electron chi connectivity index (χ3n) is 4.18. The fourth-order valence-corrected chi connectivity index (χ4v) is 2.76. The third-order valence-corrected chi connectivity index (χ3v) is 4.18. The summed E-state index contributed by atoms with van der Waals surface area (Å²) in [7, 11) is 5.01. The first-order chi connectivity index (χ1) is 13.2. The molecule has 0 amide bonds. The number of rotatable bonds is 7. The number of halogens is 1. The Morgan fingerprint density at radius 3 is 2.64 bits per heavy atom. The molecule has 1 aromatic carbocycles. The molecule has 3 rings (SSSR count). The molecular weight excluding hydrogens is 471 g/mol. The highest BCUT2D eigenvalue weighted by Crippen LogP contribution is 2.27. The second-order valence-corrected chi connectivity index (χ2v) is 5.84. The molecule has 0 radical (unpaired) electrons. The van der Waals surface area contributed by atoms with Crippen molar-refractivity contribution in [2.75, 3.05) is 27.8 Å². The predicted octanol–water partition coefficient (Wildman–Crippen LogP) is 2.27. The number of aromatic nitrogens is 3. The number of hydrogen-bond donors (Lipinski definition) is 2. The predicted molar refractivity (Wildman–Crippen MR) is 120 cm³/mol. The Balaban J connectivity index is 0.00000280. The number of nitrogens with zero attached hydrogens (tertiary/aromatic N) is 4. The average molecular weight is 496 g/mol. The Hall–Kier alpha value is -2.56. The first-order valence-corrected chi connectivity index (χ1v) is 8.69. The molecule has 3 aromatic rings. The zero-order chi connectivity index (χ0) is 19.1. The monoisotopic (exact) mass is 496 g/mol. The van der Waals surface area contributed by atoms with E-state index in [1.807, 2.05) is 47.0 Å². The van der Waals surface area contributed by atoms with Crippen LogP contribution in [0.5, 0.6) is 11.5 Å². The molecule has 0 unspecified atom stereocenters. The lowest BCUT2D eigenvalue weighted by atomic mass is 10.1. The number of benzene rings is 1. The number of nitrogens with one attached hydrogen (secondary N) is 2. The van der Waals surface area contributed by atoms with Gasteiger partial charge in [-0.3, -0.25) is 9.39 Å². The molecule has 0 aliphatic carbocycles. The second kappa shape index (κ2) is 10.7. The van der Waals surface area contributed by atoms with E-state index in [0.717, 1.165) is 41.5 Å². The van der Waals surface area contributed by atoms with Gasteiger partial charge >= 0.3 is 0 Å². The highest BCUT2D eigenvalue weighted by Gasteiger charge is 2.07. The van der Waals surface area contributed by atoms with Crippen LogP contribution < -0.4 is 20.1 Å². The van der Waals surface area contributed by atoms with Crippen LogP contribution in [-0.4, -0.2) is 48.4 Å². The van der Waals surface area contributed by atoms with Gasteiger partial charge in [0.25, 0.3) is 0 Å². The van der Waals surface area contributed by atoms with Crippen LogP contribution in [0.4, 0.5) is 0 Å². The molecular formula is C19H25IN6O2. The number of pyridine rings is 1. The maximum atomic E-state index is 5.34. The Bertz CT molecular complexity index is 928. The first kappa shape index (κ1) is 21.7. The summed E-state index contributed by atoms with van der Waals surface area (Å²) < 4.78 is 12.6. The summed E-state index contributed by atoms with van der Waals surface area (Å²) in [6, 6.07) is 11.7. The Kier molecular flexibility index (Phi) is 8.30. The lowest BCUT2D eigenvalue weighted by molar-refractivity contribution is 0.354. The topological polar surface area (TPSA) is 85.1 Å². The standard InChI is InChI=1S/C19H24N6O2.HI/c1-20-19(22-13-18-24-23-17-6-4-5-11-25(17)18)21-10-9-14-7-8-15(26-2)16(12-14)27-3;/h4-8,11-12H,9-10,13H2,1-3H3,(H2,20,21,22);1H. The summed E-state index contributed by atoms with van der Waals surface area (Å²) >= 11 is 0. The highest BCUT2D eigenvalue weighted by molar-refractivity contribution is 14.0. The van der Waals surface area contributed by atoms with E-state index in [0.29, 0.717) is 12.5 Å². The number of hydrogen-bond acceptors (Lipinski definition) is 5. The van der Waals surface area contributed by atoms with Gasteiger partial charge in [0, 0.05) is 19.8 Å². The molecule has 2 N–H and O–H groups in total. The van der Waals surface area contributed by atoms with E-state index >= 15 is 0 Å². The lowest BCUT2D eigenvalue weighted by Crippen LogP contribution is -2.38. The molecule has 0 saturated heterocycles. The minimum Gasteiger partial charge on any atom is -0.493 e. The summed E-state index contributed by atoms with van der Waals surface area (Å²) in [5, 5.41) is 14.9. The molecule has 150 valence electrons. The van der Waals surface area contributed by atoms with Crippen molar-refractivity contribution in [3.63, 3.8) is 0 Å². The van der Waals surface area contributed by atoms with Crippen LogP contribution >= 0.6 is 24.0 Å². The van der Waals surface area contributed by atoms with Crippen molar-refractivity contribution < 1.29 is 9.47 Å². The van der Waals surface area contributed by atoms with Gasteiger partial charge in [0.2, 0.25) is 0 Å². The Labute approximate surface area is 181 Å². The molecule has 2 heterocycles. The van der Waals surface area contributed by atoms with Crippen molar-refractivity contribution >= 4 is 35.6 Å². The summed E-state index contributed by atoms with van der Waals surface area (Å²) in [5.41, 5.74) is 1.98. The average Bonchev–Trinajstić information content (AvgIpc) is 3.13. The van der Waals surface area contributed by atoms with Gasteiger partial charge in [-0.2, -0.15) is 0 Å². The van der Waals surface area contributed by atoms with Crippen LogP contribution in [0, 0.1) is 0 Å². The lowest BCUT2D eigenvalue weighted by Gasteiger charge is -2.12. The zero-order valence-corrected chi connectivity index (χ0v) is 18.5. The maximum absolute atomic E-state index is 5.34. The molecule has 0 atom stereocenters. The van der Waals surface area contributed by atoms with E-state index < -0.39 is 0 Å². The molecule has 9 heteroatoms. The van der Waals surface area contributed by atoms with Gasteiger partial charge in [-0.05, 0) is 36.2 Å². The molecule has 0 saturated carbocycles. The van der Waals surface area contributed by atoms with E-state index in [-0.39, 0.29) is 24.0 Å². The molecule has 0 fully saturated rings. The summed E-state index contributed by atoms with van der Waals surface area (Å²) in [6.45, 7) is 1.26. The van der Waals surface area contributed by atoms with Crippen molar-refractivity contribution in [2.24, 2.45) is 4.99 Å². The van der Waals surface area contributed by atoms with Crippen LogP contribution in [0.15, 0.2) is 47.6 Å². The fourth-order valence-electron chi connectivity index (χ4n) is 2.76. The number of methoxy groups -OCH3 is 2. The Morgan fingerprint density at radius 2 is 1.89 bits per heavy atom. The van der Waals surface area contributed by atoms with Gasteiger partial charge in [-0.25, -0.2) is 0 Å². The first-order valence-electron chi connectivity index (χ1n) is 8.69. The number of guanidine groups is 1. The molecule has 0 spiro atoms. The smallest absolute Gasteiger partial charge is 0.191 e. The van der Waals surface area contributed by atoms with Crippen LogP contribution in [0.25, 0.3) is 5.65 Å². The van der Waals surface area contributed by atoms with Crippen LogP contribution in [0.1, 0.15) is 11.4 Å². The van der Waals surface area contributed by atoms with Gasteiger partial charge in [0.1, 0.15) is 0 Å². The molecule has 0 bridgehead atoms. The quantitative estimate of drug-likeness (QED) is 0.297. The summed E-state index contributed by atoms with van der Waals surface area (Å²) in [6.07, 6.45) is 2.77. The SMILES string of the molecule is CN=C(NCCc1ccc(OC)c(OC)c1)NCc1nnc2ccccn12.I. The van der Waals surface area contributed by atoms with E-state index in [1.54, 1.807) is 21.3 Å². The molecule has 0 aliphatic heterocycles. The minimum atomic E-state index is 0. The van der Waals surface area contributed by atoms with Gasteiger partial charge in [0.15, 0.2) is 28.9 Å². The molecule has 28 heavy (non-hydrogen) atoms. The molecule has 0 aliphatic rings. The van der Waals surface area contributed by atoms with Crippen molar-refractivity contribution in [3.8, 4) is 11.5 Å². The van der Waals surface area contributed by atoms with E-state index in [1.165, 1.54) is 0 Å². The number of aliphatic imine (C=N–C) groups is 1. The van der Waals surface area contributed by atoms with Gasteiger partial charge in [-0.15, -0.1) is 34.2 Å². The van der Waals surface area contributed by atoms with Gasteiger partial charge in [-0.1, -0.05) is 12.1 Å². The molecule has 2 aromatic heterocycles. The van der Waals surface area contributed by atoms with Crippen LogP contribution in [0.3, 0.4) is 0 Å². The van der Waals surface area contributed by atoms with Gasteiger partial charge < -0.3 is 20.1 Å². The normalized spacial score (nSPS) is 11.0. The van der Waals surface area contributed by atoms with E-state index in [9.17, 15) is 0 Å². The third kappa shape index (κ3) is 5.24. The van der Waals surface area contributed by atoms with Crippen molar-refractivity contribution in [1.82, 2.24) is 25.2 Å². The van der Waals surface area contributed by atoms with Crippen molar-refractivity contribution in [3.05, 3.63) is 54.0 Å². The largest absolute Gasteiger partial charge is 0.493 e. The van der Waals surface area contributed by atoms with E-state index in [4.69, 9.17) is 9.47 Å². The Morgan fingerprint density at radius 1 is 1.07 bits per heavy atom. The number of ether oxygens (including phenoxy) is 2. The minimum absolute atomic E-state index is 0. The highest BCUT2D eigenvalue weighted by atomic mass is 127. The molecule has 8 nitrogen and oxygen atoms in total. The van der Waals surface area contributed by atoms with E-state index in [2.05, 4.69) is 25.8 Å². The van der Waals surface area contributed by atoms with Crippen molar-refractivity contribution in [1.29, 1.82) is 0 Å². The summed E-state index contributed by atoms with van der Waals surface area (Å²) in [5.74, 6) is 3.00. The second-order valence-electron chi connectivity index (χ2n) is 5.84. The van der Waals surface area contributed by atoms with Gasteiger partial charge in [0.05, 0.1) is 20.8 Å².